The normalized spacial score (nSPS) is 19.1. The lowest BCUT2D eigenvalue weighted by Crippen LogP contribution is -2.31. The molecule has 2 aromatic carbocycles. The lowest BCUT2D eigenvalue weighted by Gasteiger charge is -2.18. The van der Waals surface area contributed by atoms with Crippen molar-refractivity contribution in [3.05, 3.63) is 124 Å². The average Bonchev–Trinajstić information content (AvgIpc) is 2.79. The molecule has 1 aliphatic rings. The number of rotatable bonds is 9. The molecule has 0 atom stereocenters. The van der Waals surface area contributed by atoms with Gasteiger partial charge in [-0.05, 0) is 48.1 Å². The molecule has 2 aromatic rings. The van der Waals surface area contributed by atoms with Crippen LogP contribution in [0, 0.1) is 0 Å². The first kappa shape index (κ1) is 22.7. The van der Waals surface area contributed by atoms with E-state index >= 15 is 0 Å². The fraction of sp³-hybridized carbons (Fsp3) is 0.185. The van der Waals surface area contributed by atoms with Crippen LogP contribution in [0.4, 0.5) is 0 Å². The highest BCUT2D eigenvalue weighted by Gasteiger charge is 2.09. The van der Waals surface area contributed by atoms with Crippen molar-refractivity contribution in [2.75, 3.05) is 13.2 Å². The van der Waals surface area contributed by atoms with Crippen molar-refractivity contribution in [3.63, 3.8) is 0 Å². The van der Waals surface area contributed by atoms with Gasteiger partial charge < -0.3 is 10.1 Å². The summed E-state index contributed by atoms with van der Waals surface area (Å²) in [5, 5.41) is 9.16. The molecule has 0 saturated heterocycles. The number of hydrogen-bond acceptors (Lipinski definition) is 4. The van der Waals surface area contributed by atoms with E-state index in [1.807, 2.05) is 55.5 Å². The molecule has 0 fully saturated rings. The number of hydrogen-bond donors (Lipinski definition) is 2. The molecule has 0 radical (unpaired) electrons. The van der Waals surface area contributed by atoms with Gasteiger partial charge in [-0.1, -0.05) is 73.3 Å². The maximum atomic E-state index is 6.10. The van der Waals surface area contributed by atoms with Gasteiger partial charge in [-0.3, -0.25) is 5.32 Å². The third-order valence-electron chi connectivity index (χ3n) is 4.97. The van der Waals surface area contributed by atoms with Gasteiger partial charge in [0, 0.05) is 17.9 Å². The Morgan fingerprint density at radius 2 is 1.71 bits per heavy atom. The molecule has 1 heterocycles. The Hall–Kier alpha value is -2.95. The van der Waals surface area contributed by atoms with Crippen LogP contribution in [0.1, 0.15) is 19.4 Å². The van der Waals surface area contributed by atoms with Gasteiger partial charge in [-0.15, -0.1) is 11.8 Å². The van der Waals surface area contributed by atoms with Crippen LogP contribution in [0.2, 0.25) is 0 Å². The molecule has 0 spiro atoms. The van der Waals surface area contributed by atoms with Crippen molar-refractivity contribution in [1.82, 2.24) is 10.6 Å². The minimum absolute atomic E-state index is 0.640. The van der Waals surface area contributed by atoms with Crippen molar-refractivity contribution in [1.29, 1.82) is 0 Å². The quantitative estimate of drug-likeness (QED) is 0.277. The molecule has 1 aliphatic heterocycles. The van der Waals surface area contributed by atoms with Crippen LogP contribution in [-0.4, -0.2) is 13.2 Å². The molecule has 0 amide bonds. The summed E-state index contributed by atoms with van der Waals surface area (Å²) in [6, 6.07) is 20.3. The Morgan fingerprint density at radius 3 is 2.45 bits per heavy atom. The molecule has 0 aliphatic carbocycles. The molecular formula is C27H30N2OS. The third kappa shape index (κ3) is 7.35. The molecule has 31 heavy (non-hydrogen) atoms. The number of para-hydroxylation sites is 1. The summed E-state index contributed by atoms with van der Waals surface area (Å²) >= 11 is 1.74. The van der Waals surface area contributed by atoms with E-state index in [1.54, 1.807) is 11.8 Å². The molecule has 160 valence electrons. The Kier molecular flexibility index (Phi) is 8.83. The fourth-order valence-corrected chi connectivity index (χ4v) is 3.92. The van der Waals surface area contributed by atoms with Gasteiger partial charge in [-0.2, -0.15) is 0 Å². The third-order valence-corrected chi connectivity index (χ3v) is 6.00. The highest BCUT2D eigenvalue weighted by atomic mass is 32.2. The second-order valence-electron chi connectivity index (χ2n) is 7.27. The van der Waals surface area contributed by atoms with E-state index in [0.717, 1.165) is 35.7 Å². The lowest BCUT2D eigenvalue weighted by molar-refractivity contribution is 0.411. The van der Waals surface area contributed by atoms with E-state index in [-0.39, 0.29) is 0 Å². The highest BCUT2D eigenvalue weighted by molar-refractivity contribution is 8.05. The van der Waals surface area contributed by atoms with Gasteiger partial charge >= 0.3 is 0 Å². The highest BCUT2D eigenvalue weighted by Crippen LogP contribution is 2.26. The van der Waals surface area contributed by atoms with Crippen LogP contribution in [0.15, 0.2) is 118 Å². The van der Waals surface area contributed by atoms with E-state index in [1.165, 1.54) is 16.0 Å². The van der Waals surface area contributed by atoms with Gasteiger partial charge in [0.15, 0.2) is 0 Å². The van der Waals surface area contributed by atoms with E-state index in [2.05, 4.69) is 59.9 Å². The Labute approximate surface area is 190 Å². The Morgan fingerprint density at radius 1 is 1.00 bits per heavy atom. The first-order chi connectivity index (χ1) is 15.1. The zero-order valence-corrected chi connectivity index (χ0v) is 19.0. The largest absolute Gasteiger partial charge is 0.460 e. The molecule has 3 nitrogen and oxygen atoms in total. The number of thioether (sulfide) groups is 1. The van der Waals surface area contributed by atoms with Crippen molar-refractivity contribution < 1.29 is 4.74 Å². The molecule has 3 rings (SSSR count). The number of ether oxygens (including phenoxy) is 1. The predicted molar refractivity (Wildman–Crippen MR) is 134 cm³/mol. The van der Waals surface area contributed by atoms with E-state index in [4.69, 9.17) is 4.74 Å². The van der Waals surface area contributed by atoms with Crippen molar-refractivity contribution in [2.24, 2.45) is 0 Å². The van der Waals surface area contributed by atoms with Gasteiger partial charge in [0.2, 0.25) is 0 Å². The fourth-order valence-electron chi connectivity index (χ4n) is 3.09. The zero-order chi connectivity index (χ0) is 21.9. The molecule has 4 heteroatoms. The molecule has 0 bridgehead atoms. The zero-order valence-electron chi connectivity index (χ0n) is 18.2. The molecule has 0 saturated carbocycles. The van der Waals surface area contributed by atoms with E-state index in [9.17, 15) is 0 Å². The van der Waals surface area contributed by atoms with E-state index in [0.29, 0.717) is 6.67 Å². The maximum absolute atomic E-state index is 6.10. The molecular weight excluding hydrogens is 400 g/mol. The smallest absolute Gasteiger partial charge is 0.127 e. The average molecular weight is 431 g/mol. The summed E-state index contributed by atoms with van der Waals surface area (Å²) in [4.78, 5) is 1.28. The van der Waals surface area contributed by atoms with Crippen LogP contribution in [0.5, 0.6) is 5.75 Å². The Bertz CT molecular complexity index is 988. The summed E-state index contributed by atoms with van der Waals surface area (Å²) < 4.78 is 6.10. The van der Waals surface area contributed by atoms with E-state index < -0.39 is 0 Å². The van der Waals surface area contributed by atoms with Crippen LogP contribution in [0.3, 0.4) is 0 Å². The summed E-state index contributed by atoms with van der Waals surface area (Å²) in [5.41, 5.74) is 4.58. The first-order valence-corrected chi connectivity index (χ1v) is 11.3. The molecule has 0 aromatic heterocycles. The summed E-state index contributed by atoms with van der Waals surface area (Å²) in [6.07, 6.45) is 6.91. The second-order valence-corrected chi connectivity index (χ2v) is 8.27. The number of nitrogens with one attached hydrogen (secondary N) is 2. The minimum Gasteiger partial charge on any atom is -0.460 e. The monoisotopic (exact) mass is 430 g/mol. The maximum Gasteiger partial charge on any atom is 0.127 e. The number of allylic oxidation sites excluding steroid dienone is 7. The van der Waals surface area contributed by atoms with Crippen LogP contribution in [-0.2, 0) is 6.42 Å². The van der Waals surface area contributed by atoms with Gasteiger partial charge in [-0.25, -0.2) is 0 Å². The van der Waals surface area contributed by atoms with Gasteiger partial charge in [0.05, 0.1) is 12.4 Å². The predicted octanol–water partition coefficient (Wildman–Crippen LogP) is 6.32. The van der Waals surface area contributed by atoms with Crippen molar-refractivity contribution in [3.8, 4) is 5.75 Å². The summed E-state index contributed by atoms with van der Waals surface area (Å²) in [5.74, 6) is 1.71. The van der Waals surface area contributed by atoms with Gasteiger partial charge in [0.1, 0.15) is 11.5 Å². The molecule has 2 N–H and O–H groups in total. The van der Waals surface area contributed by atoms with Crippen molar-refractivity contribution >= 4 is 11.8 Å². The SMILES string of the molecule is C=C1/C=C\C=C/S/C(CNCN/C(Cc2ccccc2)=C(/C)Oc2ccccc2)=C\1C. The lowest BCUT2D eigenvalue weighted by atomic mass is 10.1. The minimum atomic E-state index is 0.640. The standard InChI is InChI=1S/C27H30N2OS/c1-21-12-10-11-17-31-27(22(21)2)19-28-20-29-26(18-24-13-6-4-7-14-24)23(3)30-25-15-8-5-9-16-25/h4-17,28-29H,1,18-20H2,2-3H3/b12-10-,17-11-,26-23-,27-22-. The van der Waals surface area contributed by atoms with Gasteiger partial charge in [0.25, 0.3) is 0 Å². The van der Waals surface area contributed by atoms with Crippen LogP contribution >= 0.6 is 11.8 Å². The van der Waals surface area contributed by atoms with Crippen molar-refractivity contribution in [2.45, 2.75) is 20.3 Å². The molecule has 0 unspecified atom stereocenters. The van der Waals surface area contributed by atoms with Crippen LogP contribution < -0.4 is 15.4 Å². The van der Waals surface area contributed by atoms with Crippen LogP contribution in [0.25, 0.3) is 0 Å². The Balaban J connectivity index is 1.65. The topological polar surface area (TPSA) is 33.3 Å². The first-order valence-electron chi connectivity index (χ1n) is 10.4. The summed E-state index contributed by atoms with van der Waals surface area (Å²) in [7, 11) is 0. The summed E-state index contributed by atoms with van der Waals surface area (Å²) in [6.45, 7) is 9.71. The second kappa shape index (κ2) is 12.0. The number of benzene rings is 2.